The third-order valence-electron chi connectivity index (χ3n) is 5.07. The Kier molecular flexibility index (Phi) is 5.94. The third-order valence-corrected chi connectivity index (χ3v) is 7.24. The van der Waals surface area contributed by atoms with Crippen LogP contribution in [-0.4, -0.2) is 49.7 Å². The first-order valence-corrected chi connectivity index (χ1v) is 10.3. The van der Waals surface area contributed by atoms with E-state index in [-0.39, 0.29) is 5.91 Å². The average molecular weight is 367 g/mol. The standard InChI is InChI=1S/C19H30N2O3S/c1-13(2)11-18(22)20-7-9-21(10-8-20)25(23,24)19-16(5)14(3)12-15(4)17(19)6/h12-13H,7-11H2,1-6H3. The Hall–Kier alpha value is -1.40. The van der Waals surface area contributed by atoms with Crippen molar-refractivity contribution in [3.05, 3.63) is 28.3 Å². The summed E-state index contributed by atoms with van der Waals surface area (Å²) in [5, 5.41) is 0. The number of aryl methyl sites for hydroxylation is 2. The highest BCUT2D eigenvalue weighted by atomic mass is 32.2. The maximum atomic E-state index is 13.2. The number of amides is 1. The van der Waals surface area contributed by atoms with Gasteiger partial charge in [-0.25, -0.2) is 8.42 Å². The van der Waals surface area contributed by atoms with Crippen molar-refractivity contribution >= 4 is 15.9 Å². The second kappa shape index (κ2) is 7.46. The predicted molar refractivity (Wildman–Crippen MR) is 100 cm³/mol. The summed E-state index contributed by atoms with van der Waals surface area (Å²) in [6.45, 7) is 13.3. The molecular formula is C19H30N2O3S. The van der Waals surface area contributed by atoms with Crippen LogP contribution < -0.4 is 0 Å². The zero-order valence-corrected chi connectivity index (χ0v) is 17.0. The molecule has 0 aromatic heterocycles. The Bertz CT molecular complexity index is 735. The largest absolute Gasteiger partial charge is 0.340 e. The van der Waals surface area contributed by atoms with E-state index in [9.17, 15) is 13.2 Å². The first-order chi connectivity index (χ1) is 11.6. The molecule has 1 heterocycles. The molecule has 1 aromatic rings. The molecule has 5 nitrogen and oxygen atoms in total. The zero-order chi connectivity index (χ0) is 18.9. The molecule has 1 amide bonds. The van der Waals surface area contributed by atoms with E-state index in [1.165, 1.54) is 4.31 Å². The van der Waals surface area contributed by atoms with E-state index in [0.29, 0.717) is 43.4 Å². The van der Waals surface area contributed by atoms with Gasteiger partial charge in [-0.1, -0.05) is 19.9 Å². The van der Waals surface area contributed by atoms with Crippen LogP contribution in [0.15, 0.2) is 11.0 Å². The quantitative estimate of drug-likeness (QED) is 0.823. The summed E-state index contributed by atoms with van der Waals surface area (Å²) in [5.41, 5.74) is 3.63. The lowest BCUT2D eigenvalue weighted by atomic mass is 10.0. The fourth-order valence-corrected chi connectivity index (χ4v) is 5.35. The Labute approximate surface area is 152 Å². The van der Waals surface area contributed by atoms with Gasteiger partial charge in [0, 0.05) is 32.6 Å². The summed E-state index contributed by atoms with van der Waals surface area (Å²) < 4.78 is 27.9. The lowest BCUT2D eigenvalue weighted by Gasteiger charge is -2.35. The van der Waals surface area contributed by atoms with Crippen molar-refractivity contribution in [2.75, 3.05) is 26.2 Å². The van der Waals surface area contributed by atoms with Gasteiger partial charge in [0.05, 0.1) is 4.90 Å². The maximum Gasteiger partial charge on any atom is 0.243 e. The van der Waals surface area contributed by atoms with Gasteiger partial charge in [-0.3, -0.25) is 4.79 Å². The van der Waals surface area contributed by atoms with E-state index in [4.69, 9.17) is 0 Å². The number of sulfonamides is 1. The molecule has 1 fully saturated rings. The summed E-state index contributed by atoms with van der Waals surface area (Å²) in [7, 11) is -3.55. The molecular weight excluding hydrogens is 336 g/mol. The highest BCUT2D eigenvalue weighted by molar-refractivity contribution is 7.89. The first kappa shape index (κ1) is 19.9. The van der Waals surface area contributed by atoms with Gasteiger partial charge in [-0.15, -0.1) is 0 Å². The second-order valence-electron chi connectivity index (χ2n) is 7.47. The molecule has 0 N–H and O–H groups in total. The molecule has 0 bridgehead atoms. The highest BCUT2D eigenvalue weighted by Crippen LogP contribution is 2.29. The number of benzene rings is 1. The van der Waals surface area contributed by atoms with Crippen LogP contribution in [0.25, 0.3) is 0 Å². The number of hydrogen-bond donors (Lipinski definition) is 0. The molecule has 0 atom stereocenters. The van der Waals surface area contributed by atoms with Crippen molar-refractivity contribution in [1.29, 1.82) is 0 Å². The van der Waals surface area contributed by atoms with Crippen LogP contribution in [0.4, 0.5) is 0 Å². The van der Waals surface area contributed by atoms with Crippen molar-refractivity contribution in [2.45, 2.75) is 52.9 Å². The minimum atomic E-state index is -3.55. The third kappa shape index (κ3) is 4.06. The predicted octanol–water partition coefficient (Wildman–Crippen LogP) is 2.80. The highest BCUT2D eigenvalue weighted by Gasteiger charge is 2.32. The lowest BCUT2D eigenvalue weighted by Crippen LogP contribution is -2.50. The summed E-state index contributed by atoms with van der Waals surface area (Å²) in [6.07, 6.45) is 0.516. The average Bonchev–Trinajstić information content (AvgIpc) is 2.52. The molecule has 0 unspecified atom stereocenters. The van der Waals surface area contributed by atoms with E-state index in [1.54, 1.807) is 4.90 Å². The molecule has 1 aliphatic rings. The van der Waals surface area contributed by atoms with Crippen molar-refractivity contribution in [1.82, 2.24) is 9.21 Å². The van der Waals surface area contributed by atoms with Gasteiger partial charge >= 0.3 is 0 Å². The van der Waals surface area contributed by atoms with Gasteiger partial charge in [-0.05, 0) is 55.9 Å². The molecule has 0 spiro atoms. The molecule has 25 heavy (non-hydrogen) atoms. The van der Waals surface area contributed by atoms with Gasteiger partial charge in [-0.2, -0.15) is 4.31 Å². The first-order valence-electron chi connectivity index (χ1n) is 8.91. The molecule has 0 aliphatic carbocycles. The minimum absolute atomic E-state index is 0.116. The monoisotopic (exact) mass is 366 g/mol. The fraction of sp³-hybridized carbons (Fsp3) is 0.632. The molecule has 6 heteroatoms. The van der Waals surface area contributed by atoms with Crippen LogP contribution in [-0.2, 0) is 14.8 Å². The van der Waals surface area contributed by atoms with Crippen LogP contribution in [0.5, 0.6) is 0 Å². The Morgan fingerprint density at radius 3 is 1.92 bits per heavy atom. The summed E-state index contributed by atoms with van der Waals surface area (Å²) >= 11 is 0. The molecule has 1 aliphatic heterocycles. The SMILES string of the molecule is Cc1cc(C)c(C)c(S(=O)(=O)N2CCN(C(=O)CC(C)C)CC2)c1C. The summed E-state index contributed by atoms with van der Waals surface area (Å²) in [5.74, 6) is 0.431. The number of carbonyl (C=O) groups excluding carboxylic acids is 1. The summed E-state index contributed by atoms with van der Waals surface area (Å²) in [6, 6.07) is 2.03. The van der Waals surface area contributed by atoms with Gasteiger partial charge in [0.2, 0.25) is 15.9 Å². The van der Waals surface area contributed by atoms with Crippen LogP contribution in [0.2, 0.25) is 0 Å². The van der Waals surface area contributed by atoms with Gasteiger partial charge in [0.1, 0.15) is 0 Å². The Morgan fingerprint density at radius 2 is 1.48 bits per heavy atom. The topological polar surface area (TPSA) is 57.7 Å². The molecule has 0 radical (unpaired) electrons. The van der Waals surface area contributed by atoms with Crippen molar-refractivity contribution in [3.63, 3.8) is 0 Å². The normalized spacial score (nSPS) is 16.5. The van der Waals surface area contributed by atoms with Crippen LogP contribution >= 0.6 is 0 Å². The van der Waals surface area contributed by atoms with Crippen molar-refractivity contribution in [3.8, 4) is 0 Å². The Morgan fingerprint density at radius 1 is 1.00 bits per heavy atom. The number of hydrogen-bond acceptors (Lipinski definition) is 3. The van der Waals surface area contributed by atoms with Crippen LogP contribution in [0.3, 0.4) is 0 Å². The van der Waals surface area contributed by atoms with Crippen LogP contribution in [0.1, 0.15) is 42.5 Å². The van der Waals surface area contributed by atoms with Gasteiger partial charge in [0.25, 0.3) is 0 Å². The number of carbonyl (C=O) groups is 1. The van der Waals surface area contributed by atoms with Gasteiger partial charge in [0.15, 0.2) is 0 Å². The molecule has 0 saturated carbocycles. The smallest absolute Gasteiger partial charge is 0.243 e. The van der Waals surface area contributed by atoms with E-state index in [1.807, 2.05) is 47.6 Å². The van der Waals surface area contributed by atoms with E-state index in [0.717, 1.165) is 22.3 Å². The van der Waals surface area contributed by atoms with E-state index >= 15 is 0 Å². The molecule has 140 valence electrons. The zero-order valence-electron chi connectivity index (χ0n) is 16.2. The van der Waals surface area contributed by atoms with E-state index in [2.05, 4.69) is 0 Å². The number of rotatable bonds is 4. The van der Waals surface area contributed by atoms with Crippen molar-refractivity contribution < 1.29 is 13.2 Å². The second-order valence-corrected chi connectivity index (χ2v) is 9.35. The fourth-order valence-electron chi connectivity index (χ4n) is 3.35. The number of piperazine rings is 1. The van der Waals surface area contributed by atoms with Gasteiger partial charge < -0.3 is 4.90 Å². The molecule has 1 saturated heterocycles. The Balaban J connectivity index is 2.23. The summed E-state index contributed by atoms with van der Waals surface area (Å²) in [4.78, 5) is 14.4. The molecule has 1 aromatic carbocycles. The lowest BCUT2D eigenvalue weighted by molar-refractivity contribution is -0.133. The van der Waals surface area contributed by atoms with E-state index < -0.39 is 10.0 Å². The maximum absolute atomic E-state index is 13.2. The van der Waals surface area contributed by atoms with Crippen molar-refractivity contribution in [2.24, 2.45) is 5.92 Å². The molecule has 2 rings (SSSR count). The number of nitrogens with zero attached hydrogens (tertiary/aromatic N) is 2. The van der Waals surface area contributed by atoms with Crippen LogP contribution in [0, 0.1) is 33.6 Å². The minimum Gasteiger partial charge on any atom is -0.340 e.